The molecule has 0 saturated carbocycles. The molecule has 1 aliphatic rings. The van der Waals surface area contributed by atoms with Crippen LogP contribution in [0.2, 0.25) is 0 Å². The fourth-order valence-electron chi connectivity index (χ4n) is 3.84. The minimum atomic E-state index is -1.23. The quantitative estimate of drug-likeness (QED) is 0.660. The van der Waals surface area contributed by atoms with E-state index in [0.717, 1.165) is 24.8 Å². The molecule has 1 aliphatic heterocycles. The van der Waals surface area contributed by atoms with E-state index >= 15 is 0 Å². The first-order valence-electron chi connectivity index (χ1n) is 10.1. The van der Waals surface area contributed by atoms with Gasteiger partial charge >= 0.3 is 5.97 Å². The number of carbonyl (C=O) groups is 1. The number of aromatic nitrogens is 2. The summed E-state index contributed by atoms with van der Waals surface area (Å²) in [6.45, 7) is 5.24. The summed E-state index contributed by atoms with van der Waals surface area (Å²) in [6, 6.07) is 3.32. The fraction of sp³-hybridized carbons (Fsp3) is 0.500. The molecular formula is C22H28N2O6. The van der Waals surface area contributed by atoms with Crippen LogP contribution in [0, 0.1) is 5.92 Å². The van der Waals surface area contributed by atoms with E-state index in [2.05, 4.69) is 18.8 Å². The molecule has 30 heavy (non-hydrogen) atoms. The lowest BCUT2D eigenvalue weighted by atomic mass is 9.97. The zero-order valence-electron chi connectivity index (χ0n) is 17.8. The van der Waals surface area contributed by atoms with E-state index in [9.17, 15) is 14.7 Å². The summed E-state index contributed by atoms with van der Waals surface area (Å²) in [6.07, 6.45) is 3.70. The third kappa shape index (κ3) is 4.33. The van der Waals surface area contributed by atoms with Crippen molar-refractivity contribution in [1.29, 1.82) is 0 Å². The van der Waals surface area contributed by atoms with Crippen LogP contribution in [-0.4, -0.2) is 48.1 Å². The third-order valence-corrected chi connectivity index (χ3v) is 5.37. The first-order chi connectivity index (χ1) is 14.4. The number of carboxylic acid groups (broad SMARTS) is 1. The van der Waals surface area contributed by atoms with E-state index in [4.69, 9.17) is 14.2 Å². The highest BCUT2D eigenvalue weighted by Gasteiger charge is 2.28. The SMILES string of the molecule is COCCCOc1cc2c(nc1OC)-c1cc(=O)c(C(=O)O)cn1[C@H](C(C)C)CC2. The first kappa shape index (κ1) is 21.8. The number of ether oxygens (including phenoxy) is 3. The lowest BCUT2D eigenvalue weighted by Crippen LogP contribution is -2.23. The molecule has 0 bridgehead atoms. The van der Waals surface area contributed by atoms with Gasteiger partial charge in [-0.1, -0.05) is 13.8 Å². The van der Waals surface area contributed by atoms with Crippen molar-refractivity contribution in [3.05, 3.63) is 39.7 Å². The molecule has 162 valence electrons. The lowest BCUT2D eigenvalue weighted by Gasteiger charge is -2.25. The van der Waals surface area contributed by atoms with Crippen LogP contribution < -0.4 is 14.9 Å². The van der Waals surface area contributed by atoms with Gasteiger partial charge in [0.05, 0.1) is 25.1 Å². The zero-order chi connectivity index (χ0) is 21.8. The van der Waals surface area contributed by atoms with Gasteiger partial charge in [0.1, 0.15) is 5.56 Å². The van der Waals surface area contributed by atoms with Crippen molar-refractivity contribution >= 4 is 5.97 Å². The van der Waals surface area contributed by atoms with Crippen molar-refractivity contribution in [1.82, 2.24) is 9.55 Å². The van der Waals surface area contributed by atoms with E-state index in [0.29, 0.717) is 36.2 Å². The summed E-state index contributed by atoms with van der Waals surface area (Å²) in [5.74, 6) is -0.108. The maximum absolute atomic E-state index is 12.5. The summed E-state index contributed by atoms with van der Waals surface area (Å²) in [4.78, 5) is 28.7. The van der Waals surface area contributed by atoms with Crippen LogP contribution in [0.15, 0.2) is 23.1 Å². The van der Waals surface area contributed by atoms with Crippen molar-refractivity contribution < 1.29 is 24.1 Å². The summed E-state index contributed by atoms with van der Waals surface area (Å²) < 4.78 is 18.2. The highest BCUT2D eigenvalue weighted by Crippen LogP contribution is 2.39. The van der Waals surface area contributed by atoms with Gasteiger partial charge in [-0.3, -0.25) is 4.79 Å². The normalized spacial score (nSPS) is 15.3. The maximum atomic E-state index is 12.5. The number of hydrogen-bond acceptors (Lipinski definition) is 6. The molecule has 0 aromatic carbocycles. The molecule has 0 amide bonds. The number of methoxy groups -OCH3 is 2. The molecule has 0 aliphatic carbocycles. The van der Waals surface area contributed by atoms with Gasteiger partial charge < -0.3 is 23.9 Å². The molecule has 2 aromatic heterocycles. The predicted octanol–water partition coefficient (Wildman–Crippen LogP) is 3.18. The number of carboxylic acids is 1. The molecule has 8 heteroatoms. The molecule has 0 radical (unpaired) electrons. The molecule has 0 fully saturated rings. The van der Waals surface area contributed by atoms with Crippen LogP contribution in [0.5, 0.6) is 11.6 Å². The second kappa shape index (κ2) is 9.30. The predicted molar refractivity (Wildman–Crippen MR) is 112 cm³/mol. The number of rotatable bonds is 8. The summed E-state index contributed by atoms with van der Waals surface area (Å²) >= 11 is 0. The minimum absolute atomic E-state index is 0.0324. The van der Waals surface area contributed by atoms with Gasteiger partial charge in [0, 0.05) is 38.4 Å². The number of aryl methyl sites for hydroxylation is 1. The van der Waals surface area contributed by atoms with E-state index in [1.54, 1.807) is 7.11 Å². The van der Waals surface area contributed by atoms with Crippen molar-refractivity contribution in [2.75, 3.05) is 27.4 Å². The average Bonchev–Trinajstić information content (AvgIpc) is 2.86. The molecule has 1 N–H and O–H groups in total. The Balaban J connectivity index is 2.13. The van der Waals surface area contributed by atoms with E-state index in [1.165, 1.54) is 19.4 Å². The number of fused-ring (bicyclic) bond motifs is 3. The van der Waals surface area contributed by atoms with Gasteiger partial charge in [-0.2, -0.15) is 0 Å². The Bertz CT molecular complexity index is 982. The van der Waals surface area contributed by atoms with Crippen LogP contribution in [0.1, 0.15) is 48.7 Å². The standard InChI is InChI=1S/C22H28N2O6/c1-13(2)16-7-6-14-10-19(30-9-5-8-28-3)21(29-4)23-20(14)17-11-18(25)15(22(26)27)12-24(16)17/h10-13,16H,5-9H2,1-4H3,(H,26,27)/t16-/m0/s1. The Morgan fingerprint density at radius 1 is 1.30 bits per heavy atom. The van der Waals surface area contributed by atoms with Crippen molar-refractivity contribution in [3.8, 4) is 23.0 Å². The van der Waals surface area contributed by atoms with Crippen LogP contribution in [0.4, 0.5) is 0 Å². The van der Waals surface area contributed by atoms with Crippen LogP contribution in [0.3, 0.4) is 0 Å². The van der Waals surface area contributed by atoms with E-state index in [1.807, 2.05) is 10.6 Å². The molecule has 3 heterocycles. The molecule has 0 saturated heterocycles. The zero-order valence-corrected chi connectivity index (χ0v) is 17.8. The van der Waals surface area contributed by atoms with Gasteiger partial charge in [-0.05, 0) is 30.4 Å². The number of aromatic carboxylic acids is 1. The average molecular weight is 416 g/mol. The topological polar surface area (TPSA) is 99.9 Å². The van der Waals surface area contributed by atoms with Gasteiger partial charge in [0.25, 0.3) is 5.88 Å². The smallest absolute Gasteiger partial charge is 0.341 e. The Morgan fingerprint density at radius 2 is 2.07 bits per heavy atom. The maximum Gasteiger partial charge on any atom is 0.341 e. The van der Waals surface area contributed by atoms with E-state index < -0.39 is 11.4 Å². The Kier molecular flexibility index (Phi) is 6.77. The molecule has 3 rings (SSSR count). The Morgan fingerprint density at radius 3 is 2.70 bits per heavy atom. The molecule has 0 unspecified atom stereocenters. The van der Waals surface area contributed by atoms with E-state index in [-0.39, 0.29) is 17.5 Å². The highest BCUT2D eigenvalue weighted by atomic mass is 16.5. The molecule has 8 nitrogen and oxygen atoms in total. The second-order valence-electron chi connectivity index (χ2n) is 7.70. The number of nitrogens with zero attached hydrogens (tertiary/aromatic N) is 2. The van der Waals surface area contributed by atoms with Crippen molar-refractivity contribution in [3.63, 3.8) is 0 Å². The third-order valence-electron chi connectivity index (χ3n) is 5.37. The molecular weight excluding hydrogens is 388 g/mol. The van der Waals surface area contributed by atoms with Gasteiger partial charge in [-0.15, -0.1) is 0 Å². The molecule has 0 spiro atoms. The fourth-order valence-corrected chi connectivity index (χ4v) is 3.84. The first-order valence-corrected chi connectivity index (χ1v) is 10.1. The number of hydrogen-bond donors (Lipinski definition) is 1. The Hall–Kier alpha value is -2.87. The molecule has 1 atom stereocenters. The summed E-state index contributed by atoms with van der Waals surface area (Å²) in [7, 11) is 3.16. The summed E-state index contributed by atoms with van der Waals surface area (Å²) in [5, 5.41) is 9.42. The molecule has 2 aromatic rings. The van der Waals surface area contributed by atoms with Crippen LogP contribution in [-0.2, 0) is 11.2 Å². The Labute approximate surface area is 175 Å². The highest BCUT2D eigenvalue weighted by molar-refractivity contribution is 5.87. The second-order valence-corrected chi connectivity index (χ2v) is 7.70. The lowest BCUT2D eigenvalue weighted by molar-refractivity contribution is 0.0694. The largest absolute Gasteiger partial charge is 0.488 e. The van der Waals surface area contributed by atoms with Crippen LogP contribution in [0.25, 0.3) is 11.4 Å². The summed E-state index contributed by atoms with van der Waals surface area (Å²) in [5.41, 5.74) is 1.38. The van der Waals surface area contributed by atoms with Gasteiger partial charge in [0.2, 0.25) is 0 Å². The van der Waals surface area contributed by atoms with Crippen molar-refractivity contribution in [2.45, 2.75) is 39.2 Å². The monoisotopic (exact) mass is 416 g/mol. The van der Waals surface area contributed by atoms with Gasteiger partial charge in [0.15, 0.2) is 11.2 Å². The number of pyridine rings is 2. The minimum Gasteiger partial charge on any atom is -0.488 e. The van der Waals surface area contributed by atoms with Crippen LogP contribution >= 0.6 is 0 Å². The van der Waals surface area contributed by atoms with Gasteiger partial charge in [-0.25, -0.2) is 9.78 Å². The van der Waals surface area contributed by atoms with Crippen molar-refractivity contribution in [2.24, 2.45) is 5.92 Å².